The predicted molar refractivity (Wildman–Crippen MR) is 68.0 cm³/mol. The van der Waals surface area contributed by atoms with Gasteiger partial charge in [0.25, 0.3) is 0 Å². The zero-order valence-electron chi connectivity index (χ0n) is 9.97. The lowest BCUT2D eigenvalue weighted by Crippen LogP contribution is -2.40. The van der Waals surface area contributed by atoms with E-state index < -0.39 is 10.0 Å². The second-order valence-corrected chi connectivity index (χ2v) is 6.33. The van der Waals surface area contributed by atoms with Crippen molar-refractivity contribution < 1.29 is 13.2 Å². The number of aromatic nitrogens is 1. The first-order chi connectivity index (χ1) is 8.54. The SMILES string of the molecule is COC1CCCC1NS(=O)(=O)c1cnccc1Cl. The first-order valence-electron chi connectivity index (χ1n) is 5.69. The van der Waals surface area contributed by atoms with E-state index in [0.717, 1.165) is 19.3 Å². The summed E-state index contributed by atoms with van der Waals surface area (Å²) < 4.78 is 32.3. The van der Waals surface area contributed by atoms with Crippen LogP contribution in [0.5, 0.6) is 0 Å². The molecule has 2 rings (SSSR count). The number of hydrogen-bond donors (Lipinski definition) is 1. The van der Waals surface area contributed by atoms with Crippen LogP contribution in [0.2, 0.25) is 5.02 Å². The molecule has 1 aromatic heterocycles. The molecular weight excluding hydrogens is 276 g/mol. The van der Waals surface area contributed by atoms with E-state index in [1.54, 1.807) is 7.11 Å². The quantitative estimate of drug-likeness (QED) is 0.914. The van der Waals surface area contributed by atoms with Gasteiger partial charge in [-0.2, -0.15) is 0 Å². The van der Waals surface area contributed by atoms with Crippen LogP contribution in [-0.2, 0) is 14.8 Å². The van der Waals surface area contributed by atoms with Crippen LogP contribution in [0, 0.1) is 0 Å². The molecule has 0 aromatic carbocycles. The Morgan fingerprint density at radius 3 is 2.94 bits per heavy atom. The van der Waals surface area contributed by atoms with Crippen LogP contribution < -0.4 is 4.72 Å². The summed E-state index contributed by atoms with van der Waals surface area (Å²) in [4.78, 5) is 3.80. The summed E-state index contributed by atoms with van der Waals surface area (Å²) in [5, 5.41) is 0.171. The van der Waals surface area contributed by atoms with E-state index in [9.17, 15) is 8.42 Å². The standard InChI is InChI=1S/C11H15ClN2O3S/c1-17-10-4-2-3-9(10)14-18(15,16)11-7-13-6-5-8(11)12/h5-7,9-10,14H,2-4H2,1H3. The van der Waals surface area contributed by atoms with Gasteiger partial charge in [-0.25, -0.2) is 13.1 Å². The van der Waals surface area contributed by atoms with Crippen molar-refractivity contribution in [2.24, 2.45) is 0 Å². The van der Waals surface area contributed by atoms with Gasteiger partial charge >= 0.3 is 0 Å². The zero-order valence-corrected chi connectivity index (χ0v) is 11.5. The highest BCUT2D eigenvalue weighted by Gasteiger charge is 2.32. The Kier molecular flexibility index (Phi) is 4.21. The number of methoxy groups -OCH3 is 1. The van der Waals surface area contributed by atoms with Crippen molar-refractivity contribution >= 4 is 21.6 Å². The molecule has 1 fully saturated rings. The van der Waals surface area contributed by atoms with Gasteiger partial charge in [0.1, 0.15) is 4.90 Å². The van der Waals surface area contributed by atoms with E-state index in [4.69, 9.17) is 16.3 Å². The molecule has 7 heteroatoms. The molecule has 0 amide bonds. The van der Waals surface area contributed by atoms with Gasteiger partial charge in [0.05, 0.1) is 11.1 Å². The zero-order chi connectivity index (χ0) is 13.2. The molecule has 0 bridgehead atoms. The maximum absolute atomic E-state index is 12.2. The maximum atomic E-state index is 12.2. The largest absolute Gasteiger partial charge is 0.380 e. The van der Waals surface area contributed by atoms with Crippen molar-refractivity contribution in [2.75, 3.05) is 7.11 Å². The van der Waals surface area contributed by atoms with Gasteiger partial charge in [-0.05, 0) is 25.3 Å². The summed E-state index contributed by atoms with van der Waals surface area (Å²) in [5.41, 5.74) is 0. The van der Waals surface area contributed by atoms with Crippen LogP contribution in [0.4, 0.5) is 0 Å². The van der Waals surface area contributed by atoms with Crippen molar-refractivity contribution in [2.45, 2.75) is 36.3 Å². The molecule has 1 aromatic rings. The van der Waals surface area contributed by atoms with Gasteiger partial charge in [0.2, 0.25) is 10.0 Å². The molecule has 100 valence electrons. The minimum atomic E-state index is -3.64. The normalized spacial score (nSPS) is 24.3. The number of pyridine rings is 1. The number of sulfonamides is 1. The second kappa shape index (κ2) is 5.52. The van der Waals surface area contributed by atoms with Gasteiger partial charge in [-0.1, -0.05) is 11.6 Å². The molecule has 2 unspecified atom stereocenters. The average molecular weight is 291 g/mol. The highest BCUT2D eigenvalue weighted by molar-refractivity contribution is 7.89. The number of nitrogens with one attached hydrogen (secondary N) is 1. The van der Waals surface area contributed by atoms with E-state index in [-0.39, 0.29) is 22.1 Å². The molecule has 1 saturated carbocycles. The number of halogens is 1. The summed E-state index contributed by atoms with van der Waals surface area (Å²) in [7, 11) is -2.05. The third-order valence-corrected chi connectivity index (χ3v) is 5.04. The second-order valence-electron chi connectivity index (χ2n) is 4.24. The fourth-order valence-corrected chi connectivity index (χ4v) is 3.90. The van der Waals surface area contributed by atoms with Crippen LogP contribution in [0.15, 0.2) is 23.4 Å². The van der Waals surface area contributed by atoms with E-state index in [0.29, 0.717) is 0 Å². The van der Waals surface area contributed by atoms with Crippen molar-refractivity contribution in [1.29, 1.82) is 0 Å². The average Bonchev–Trinajstić information content (AvgIpc) is 2.76. The van der Waals surface area contributed by atoms with Crippen molar-refractivity contribution in [1.82, 2.24) is 9.71 Å². The Morgan fingerprint density at radius 2 is 2.28 bits per heavy atom. The monoisotopic (exact) mass is 290 g/mol. The summed E-state index contributed by atoms with van der Waals surface area (Å²) in [6.07, 6.45) is 5.22. The fourth-order valence-electron chi connectivity index (χ4n) is 2.17. The van der Waals surface area contributed by atoms with E-state index in [1.807, 2.05) is 0 Å². The molecule has 0 radical (unpaired) electrons. The van der Waals surface area contributed by atoms with Crippen molar-refractivity contribution in [3.05, 3.63) is 23.5 Å². The Labute approximate surface area is 112 Å². The molecule has 1 N–H and O–H groups in total. The van der Waals surface area contributed by atoms with Crippen LogP contribution in [0.25, 0.3) is 0 Å². The summed E-state index contributed by atoms with van der Waals surface area (Å²) in [6.45, 7) is 0. The molecule has 1 aliphatic carbocycles. The Morgan fingerprint density at radius 1 is 1.50 bits per heavy atom. The summed E-state index contributed by atoms with van der Waals surface area (Å²) >= 11 is 5.87. The van der Waals surface area contributed by atoms with Gasteiger partial charge in [-0.15, -0.1) is 0 Å². The van der Waals surface area contributed by atoms with E-state index in [2.05, 4.69) is 9.71 Å². The van der Waals surface area contributed by atoms with Crippen LogP contribution >= 0.6 is 11.6 Å². The number of rotatable bonds is 4. The summed E-state index contributed by atoms with van der Waals surface area (Å²) in [5.74, 6) is 0. The Balaban J connectivity index is 2.20. The molecule has 0 saturated heterocycles. The Hall–Kier alpha value is -0.690. The van der Waals surface area contributed by atoms with Gasteiger partial charge in [0, 0.05) is 25.5 Å². The smallest absolute Gasteiger partial charge is 0.243 e. The first kappa shape index (κ1) is 13.7. The highest BCUT2D eigenvalue weighted by atomic mass is 35.5. The van der Waals surface area contributed by atoms with Gasteiger partial charge in [0.15, 0.2) is 0 Å². The van der Waals surface area contributed by atoms with Crippen LogP contribution in [0.1, 0.15) is 19.3 Å². The lowest BCUT2D eigenvalue weighted by atomic mass is 10.2. The number of nitrogens with zero attached hydrogens (tertiary/aromatic N) is 1. The number of hydrogen-bond acceptors (Lipinski definition) is 4. The van der Waals surface area contributed by atoms with Crippen LogP contribution in [0.3, 0.4) is 0 Å². The molecule has 1 heterocycles. The lowest BCUT2D eigenvalue weighted by Gasteiger charge is -2.19. The Bertz CT molecular complexity index is 521. The molecular formula is C11H15ClN2O3S. The van der Waals surface area contributed by atoms with Crippen LogP contribution in [-0.4, -0.2) is 32.7 Å². The third kappa shape index (κ3) is 2.83. The highest BCUT2D eigenvalue weighted by Crippen LogP contribution is 2.25. The van der Waals surface area contributed by atoms with E-state index in [1.165, 1.54) is 18.5 Å². The molecule has 2 atom stereocenters. The van der Waals surface area contributed by atoms with Crippen molar-refractivity contribution in [3.8, 4) is 0 Å². The maximum Gasteiger partial charge on any atom is 0.243 e. The molecule has 0 aliphatic heterocycles. The topological polar surface area (TPSA) is 68.3 Å². The lowest BCUT2D eigenvalue weighted by molar-refractivity contribution is 0.0916. The molecule has 1 aliphatic rings. The first-order valence-corrected chi connectivity index (χ1v) is 7.55. The molecule has 18 heavy (non-hydrogen) atoms. The minimum absolute atomic E-state index is 0.00780. The number of ether oxygens (including phenoxy) is 1. The van der Waals surface area contributed by atoms with E-state index >= 15 is 0 Å². The molecule has 0 spiro atoms. The van der Waals surface area contributed by atoms with Gasteiger partial charge in [-0.3, -0.25) is 4.98 Å². The minimum Gasteiger partial charge on any atom is -0.380 e. The molecule has 5 nitrogen and oxygen atoms in total. The third-order valence-electron chi connectivity index (χ3n) is 3.09. The fraction of sp³-hybridized carbons (Fsp3) is 0.545. The van der Waals surface area contributed by atoms with Crippen molar-refractivity contribution in [3.63, 3.8) is 0 Å². The predicted octanol–water partition coefficient (Wildman–Crippen LogP) is 1.58. The summed E-state index contributed by atoms with van der Waals surface area (Å²) in [6, 6.07) is 1.26. The van der Waals surface area contributed by atoms with Gasteiger partial charge < -0.3 is 4.74 Å².